The number of nitrogens with zero attached hydrogens (tertiary/aromatic N) is 6. The molecule has 1 N–H and O–H groups in total. The molecular formula is C26H22ClF3N6O2. The number of pyridine rings is 2. The van der Waals surface area contributed by atoms with E-state index < -0.39 is 17.6 Å². The van der Waals surface area contributed by atoms with Gasteiger partial charge in [-0.05, 0) is 59.5 Å². The second kappa shape index (κ2) is 10.1. The van der Waals surface area contributed by atoms with E-state index >= 15 is 0 Å². The number of fused-ring (bicyclic) bond motifs is 1. The van der Waals surface area contributed by atoms with Crippen LogP contribution in [0.3, 0.4) is 0 Å². The molecule has 8 nitrogen and oxygen atoms in total. The minimum atomic E-state index is -4.56. The number of β-amino-alcohol motifs (C(OH)–C–C–N with tert-alkyl or cyclic N) is 1. The summed E-state index contributed by atoms with van der Waals surface area (Å²) < 4.78 is 41.4. The normalized spacial score (nSPS) is 15.6. The summed E-state index contributed by atoms with van der Waals surface area (Å²) in [4.78, 5) is 21.2. The lowest BCUT2D eigenvalue weighted by Crippen LogP contribution is -2.52. The number of hydrogen-bond acceptors (Lipinski definition) is 6. The van der Waals surface area contributed by atoms with Gasteiger partial charge in [-0.1, -0.05) is 29.8 Å². The molecule has 38 heavy (non-hydrogen) atoms. The molecule has 0 saturated carbocycles. The lowest BCUT2D eigenvalue weighted by atomic mass is 9.88. The fourth-order valence-corrected chi connectivity index (χ4v) is 4.74. The Morgan fingerprint density at radius 1 is 1.03 bits per heavy atom. The molecular weight excluding hydrogens is 521 g/mol. The number of benzene rings is 1. The van der Waals surface area contributed by atoms with Gasteiger partial charge in [-0.25, -0.2) is 9.48 Å². The summed E-state index contributed by atoms with van der Waals surface area (Å²) in [6, 6.07) is 12.7. The van der Waals surface area contributed by atoms with Gasteiger partial charge in [-0.2, -0.15) is 17.8 Å². The average Bonchev–Trinajstić information content (AvgIpc) is 3.21. The minimum absolute atomic E-state index is 0.0920. The zero-order chi connectivity index (χ0) is 27.0. The van der Waals surface area contributed by atoms with E-state index in [0.29, 0.717) is 22.0 Å². The fourth-order valence-electron chi connectivity index (χ4n) is 4.61. The molecule has 12 heteroatoms. The summed E-state index contributed by atoms with van der Waals surface area (Å²) in [6.07, 6.45) is -0.202. The quantitative estimate of drug-likeness (QED) is 0.398. The van der Waals surface area contributed by atoms with Gasteiger partial charge >= 0.3 is 11.9 Å². The average molecular weight is 543 g/mol. The van der Waals surface area contributed by atoms with Crippen LogP contribution in [0, 0.1) is 0 Å². The van der Waals surface area contributed by atoms with Crippen LogP contribution in [0.4, 0.5) is 13.2 Å². The molecule has 196 valence electrons. The molecule has 0 spiro atoms. The molecule has 0 unspecified atom stereocenters. The molecule has 1 aliphatic heterocycles. The van der Waals surface area contributed by atoms with E-state index in [-0.39, 0.29) is 25.7 Å². The Hall–Kier alpha value is -3.96. The van der Waals surface area contributed by atoms with Crippen molar-refractivity contribution in [2.45, 2.75) is 25.7 Å². The third kappa shape index (κ3) is 4.70. The highest BCUT2D eigenvalue weighted by molar-refractivity contribution is 6.30. The molecule has 5 rings (SSSR count). The monoisotopic (exact) mass is 542 g/mol. The molecule has 1 aromatic carbocycles. The number of aromatic nitrogens is 5. The van der Waals surface area contributed by atoms with Crippen molar-refractivity contribution in [1.29, 1.82) is 0 Å². The van der Waals surface area contributed by atoms with E-state index in [2.05, 4.69) is 15.1 Å². The van der Waals surface area contributed by atoms with Crippen molar-refractivity contribution >= 4 is 22.7 Å². The maximum atomic E-state index is 13.6. The van der Waals surface area contributed by atoms with Crippen molar-refractivity contribution in [1.82, 2.24) is 24.4 Å². The van der Waals surface area contributed by atoms with Crippen LogP contribution < -0.4 is 10.7 Å². The highest BCUT2D eigenvalue weighted by atomic mass is 35.5. The first-order chi connectivity index (χ1) is 18.2. The number of halogens is 4. The van der Waals surface area contributed by atoms with Gasteiger partial charge < -0.3 is 5.11 Å². The molecule has 4 aromatic rings. The van der Waals surface area contributed by atoms with E-state index in [9.17, 15) is 23.1 Å². The van der Waals surface area contributed by atoms with Crippen molar-refractivity contribution in [3.05, 3.63) is 111 Å². The smallest absolute Gasteiger partial charge is 0.394 e. The summed E-state index contributed by atoms with van der Waals surface area (Å²) in [5.74, 6) is 0.331. The van der Waals surface area contributed by atoms with Crippen LogP contribution in [0.1, 0.15) is 35.1 Å². The van der Waals surface area contributed by atoms with Crippen LogP contribution in [0.2, 0.25) is 5.02 Å². The van der Waals surface area contributed by atoms with Crippen LogP contribution in [-0.2, 0) is 12.7 Å². The first-order valence-electron chi connectivity index (χ1n) is 11.7. The molecule has 3 aromatic heterocycles. The number of alkyl halides is 3. The largest absolute Gasteiger partial charge is 0.433 e. The van der Waals surface area contributed by atoms with Gasteiger partial charge in [0, 0.05) is 29.2 Å². The van der Waals surface area contributed by atoms with Crippen molar-refractivity contribution < 1.29 is 18.3 Å². The van der Waals surface area contributed by atoms with Crippen molar-refractivity contribution in [2.75, 3.05) is 18.2 Å². The SMILES string of the molecule is C[C@H]1C(c2ccc(Cl)cc2)=C(c2ccncc2)c2nn(Cc3ccc(C(F)(F)F)nc3)c(=O)n2N1CCO. The predicted octanol–water partition coefficient (Wildman–Crippen LogP) is 3.85. The zero-order valence-corrected chi connectivity index (χ0v) is 20.9. The van der Waals surface area contributed by atoms with Gasteiger partial charge in [-0.3, -0.25) is 15.0 Å². The lowest BCUT2D eigenvalue weighted by Gasteiger charge is -2.38. The van der Waals surface area contributed by atoms with E-state index in [1.165, 1.54) is 15.4 Å². The van der Waals surface area contributed by atoms with Crippen molar-refractivity contribution in [2.24, 2.45) is 0 Å². The summed E-state index contributed by atoms with van der Waals surface area (Å²) in [5.41, 5.74) is 2.05. The minimum Gasteiger partial charge on any atom is -0.394 e. The molecule has 4 heterocycles. The third-order valence-corrected chi connectivity index (χ3v) is 6.59. The molecule has 0 aliphatic carbocycles. The van der Waals surface area contributed by atoms with E-state index in [1.807, 2.05) is 31.2 Å². The first-order valence-corrected chi connectivity index (χ1v) is 12.1. The Bertz CT molecular complexity index is 1530. The predicted molar refractivity (Wildman–Crippen MR) is 136 cm³/mol. The molecule has 0 amide bonds. The van der Waals surface area contributed by atoms with E-state index in [4.69, 9.17) is 11.6 Å². The topological polar surface area (TPSA) is 89.1 Å². The maximum absolute atomic E-state index is 13.6. The Labute approximate surface area is 220 Å². The number of hydrogen-bond donors (Lipinski definition) is 1. The number of aliphatic hydroxyl groups is 1. The van der Waals surface area contributed by atoms with Crippen molar-refractivity contribution in [3.8, 4) is 0 Å². The van der Waals surface area contributed by atoms with Crippen LogP contribution in [0.15, 0.2) is 71.9 Å². The Balaban J connectivity index is 1.69. The van der Waals surface area contributed by atoms with Crippen LogP contribution in [0.5, 0.6) is 0 Å². The van der Waals surface area contributed by atoms with Gasteiger partial charge in [-0.15, -0.1) is 5.10 Å². The zero-order valence-electron chi connectivity index (χ0n) is 20.1. The maximum Gasteiger partial charge on any atom is 0.433 e. The second-order valence-corrected chi connectivity index (χ2v) is 9.16. The molecule has 1 atom stereocenters. The Morgan fingerprint density at radius 2 is 1.74 bits per heavy atom. The highest BCUT2D eigenvalue weighted by Gasteiger charge is 2.36. The number of rotatable bonds is 6. The van der Waals surface area contributed by atoms with Gasteiger partial charge in [0.1, 0.15) is 5.69 Å². The van der Waals surface area contributed by atoms with Crippen LogP contribution in [0.25, 0.3) is 11.1 Å². The molecule has 1 aliphatic rings. The fraction of sp³-hybridized carbons (Fsp3) is 0.231. The van der Waals surface area contributed by atoms with Gasteiger partial charge in [0.2, 0.25) is 0 Å². The summed E-state index contributed by atoms with van der Waals surface area (Å²) in [6.45, 7) is 1.75. The van der Waals surface area contributed by atoms with Gasteiger partial charge in [0.15, 0.2) is 5.82 Å². The van der Waals surface area contributed by atoms with Gasteiger partial charge in [0.05, 0.1) is 25.7 Å². The second-order valence-electron chi connectivity index (χ2n) is 8.72. The van der Waals surface area contributed by atoms with Crippen molar-refractivity contribution in [3.63, 3.8) is 0 Å². The third-order valence-electron chi connectivity index (χ3n) is 6.33. The molecule has 0 bridgehead atoms. The Morgan fingerprint density at radius 3 is 2.34 bits per heavy atom. The molecule has 0 saturated heterocycles. The highest BCUT2D eigenvalue weighted by Crippen LogP contribution is 2.38. The molecule has 0 radical (unpaired) electrons. The standard InChI is InChI=1S/C26H22ClF3N6O2/c1-16-22(18-3-5-20(27)6-4-18)23(19-8-10-31-11-9-19)24-33-34(25(38)36(24)35(16)12-13-37)15-17-2-7-21(32-14-17)26(28,29)30/h2-11,14,16,37H,12-13,15H2,1H3/t16-/m0/s1. The van der Waals surface area contributed by atoms with Crippen LogP contribution >= 0.6 is 11.6 Å². The molecule has 0 fully saturated rings. The summed E-state index contributed by atoms with van der Waals surface area (Å²) >= 11 is 6.14. The van der Waals surface area contributed by atoms with E-state index in [1.54, 1.807) is 29.5 Å². The summed E-state index contributed by atoms with van der Waals surface area (Å²) in [5, 5.41) is 16.8. The summed E-state index contributed by atoms with van der Waals surface area (Å²) in [7, 11) is 0. The lowest BCUT2D eigenvalue weighted by molar-refractivity contribution is -0.141. The van der Waals surface area contributed by atoms with Gasteiger partial charge in [0.25, 0.3) is 0 Å². The Kier molecular flexibility index (Phi) is 6.80. The number of aliphatic hydroxyl groups excluding tert-OH is 1. The van der Waals surface area contributed by atoms with E-state index in [0.717, 1.165) is 29.0 Å². The first kappa shape index (κ1) is 25.7. The van der Waals surface area contributed by atoms with Crippen LogP contribution in [-0.4, -0.2) is 48.7 Å².